The summed E-state index contributed by atoms with van der Waals surface area (Å²) in [7, 11) is 0. The van der Waals surface area contributed by atoms with Crippen molar-refractivity contribution in [3.63, 3.8) is 0 Å². The quantitative estimate of drug-likeness (QED) is 0.866. The van der Waals surface area contributed by atoms with Crippen LogP contribution < -0.4 is 5.73 Å². The minimum absolute atomic E-state index is 0.275. The van der Waals surface area contributed by atoms with Crippen molar-refractivity contribution in [3.05, 3.63) is 47.3 Å². The third-order valence-corrected chi connectivity index (χ3v) is 3.00. The molecule has 0 radical (unpaired) electrons. The van der Waals surface area contributed by atoms with Gasteiger partial charge in [0.25, 0.3) is 0 Å². The Labute approximate surface area is 100 Å². The lowest BCUT2D eigenvalue weighted by atomic mass is 10.1. The van der Waals surface area contributed by atoms with Crippen molar-refractivity contribution >= 4 is 0 Å². The lowest BCUT2D eigenvalue weighted by molar-refractivity contribution is 0.591. The molecule has 1 heterocycles. The van der Waals surface area contributed by atoms with Gasteiger partial charge in [-0.15, -0.1) is 0 Å². The second-order valence-corrected chi connectivity index (χ2v) is 4.25. The van der Waals surface area contributed by atoms with Crippen LogP contribution in [0.15, 0.2) is 24.5 Å². The summed E-state index contributed by atoms with van der Waals surface area (Å²) in [5.74, 6) is -0.275. The first kappa shape index (κ1) is 11.8. The highest BCUT2D eigenvalue weighted by Gasteiger charge is 2.15. The molecule has 2 rings (SSSR count). The minimum atomic E-state index is -0.353. The van der Waals surface area contributed by atoms with Crippen LogP contribution >= 0.6 is 0 Å². The fourth-order valence-electron chi connectivity index (χ4n) is 1.93. The van der Waals surface area contributed by atoms with Gasteiger partial charge in [-0.1, -0.05) is 6.07 Å². The van der Waals surface area contributed by atoms with Crippen molar-refractivity contribution < 1.29 is 4.39 Å². The molecule has 0 fully saturated rings. The van der Waals surface area contributed by atoms with Gasteiger partial charge in [0.2, 0.25) is 0 Å². The first-order valence-corrected chi connectivity index (χ1v) is 5.57. The van der Waals surface area contributed by atoms with E-state index in [4.69, 9.17) is 5.73 Å². The van der Waals surface area contributed by atoms with E-state index in [1.54, 1.807) is 19.3 Å². The van der Waals surface area contributed by atoms with Gasteiger partial charge in [-0.05, 0) is 32.9 Å². The average molecular weight is 233 g/mol. The van der Waals surface area contributed by atoms with Gasteiger partial charge in [0, 0.05) is 17.3 Å². The Morgan fingerprint density at radius 1 is 1.35 bits per heavy atom. The Morgan fingerprint density at radius 2 is 2.06 bits per heavy atom. The van der Waals surface area contributed by atoms with E-state index in [9.17, 15) is 4.39 Å². The first-order valence-electron chi connectivity index (χ1n) is 5.57. The average Bonchev–Trinajstić information content (AvgIpc) is 2.59. The molecule has 2 aromatic rings. The monoisotopic (exact) mass is 233 g/mol. The molecule has 1 aromatic heterocycles. The number of imidazole rings is 1. The summed E-state index contributed by atoms with van der Waals surface area (Å²) < 4.78 is 15.7. The molecule has 17 heavy (non-hydrogen) atoms. The second kappa shape index (κ2) is 4.30. The zero-order chi connectivity index (χ0) is 12.6. The van der Waals surface area contributed by atoms with E-state index in [1.807, 2.05) is 24.5 Å². The summed E-state index contributed by atoms with van der Waals surface area (Å²) in [6, 6.07) is 4.62. The Hall–Kier alpha value is -1.68. The standard InChI is InChI=1S/C13H16FN3/c1-8(15)13-11(14)5-4-6-12(13)17-7-16-9(2)10(17)3/h4-8H,15H2,1-3H3/t8-/m0/s1. The highest BCUT2D eigenvalue weighted by molar-refractivity contribution is 5.45. The number of aryl methyl sites for hydroxylation is 1. The molecule has 0 aliphatic heterocycles. The van der Waals surface area contributed by atoms with Crippen LogP contribution in [-0.2, 0) is 0 Å². The van der Waals surface area contributed by atoms with Gasteiger partial charge < -0.3 is 10.3 Å². The SMILES string of the molecule is Cc1ncn(-c2cccc(F)c2[C@H](C)N)c1C. The number of halogens is 1. The number of rotatable bonds is 2. The van der Waals surface area contributed by atoms with E-state index in [2.05, 4.69) is 4.98 Å². The predicted molar refractivity (Wildman–Crippen MR) is 65.6 cm³/mol. The second-order valence-electron chi connectivity index (χ2n) is 4.25. The van der Waals surface area contributed by atoms with Crippen LogP contribution in [0.4, 0.5) is 4.39 Å². The van der Waals surface area contributed by atoms with Crippen molar-refractivity contribution in [2.24, 2.45) is 5.73 Å². The van der Waals surface area contributed by atoms with Crippen LogP contribution in [0.3, 0.4) is 0 Å². The van der Waals surface area contributed by atoms with Gasteiger partial charge in [-0.3, -0.25) is 0 Å². The molecule has 0 saturated heterocycles. The molecule has 1 aromatic carbocycles. The molecular weight excluding hydrogens is 217 g/mol. The molecule has 90 valence electrons. The molecular formula is C13H16FN3. The Balaban J connectivity index is 2.67. The van der Waals surface area contributed by atoms with Gasteiger partial charge in [-0.25, -0.2) is 9.37 Å². The maximum atomic E-state index is 13.8. The smallest absolute Gasteiger partial charge is 0.130 e. The number of nitrogens with zero attached hydrogens (tertiary/aromatic N) is 2. The van der Waals surface area contributed by atoms with Crippen molar-refractivity contribution in [1.82, 2.24) is 9.55 Å². The van der Waals surface area contributed by atoms with Crippen LogP contribution in [0.2, 0.25) is 0 Å². The number of hydrogen-bond donors (Lipinski definition) is 1. The van der Waals surface area contributed by atoms with E-state index in [0.29, 0.717) is 5.56 Å². The van der Waals surface area contributed by atoms with Gasteiger partial charge in [0.1, 0.15) is 5.82 Å². The van der Waals surface area contributed by atoms with Crippen LogP contribution in [0.5, 0.6) is 0 Å². The maximum absolute atomic E-state index is 13.8. The van der Waals surface area contributed by atoms with Crippen molar-refractivity contribution in [1.29, 1.82) is 0 Å². The molecule has 2 N–H and O–H groups in total. The molecule has 0 bridgehead atoms. The summed E-state index contributed by atoms with van der Waals surface area (Å²) in [6.07, 6.45) is 1.70. The lowest BCUT2D eigenvalue weighted by Gasteiger charge is -2.15. The van der Waals surface area contributed by atoms with E-state index in [0.717, 1.165) is 17.1 Å². The topological polar surface area (TPSA) is 43.8 Å². The molecule has 4 heteroatoms. The molecule has 3 nitrogen and oxygen atoms in total. The molecule has 0 amide bonds. The molecule has 0 unspecified atom stereocenters. The number of nitrogens with two attached hydrogens (primary N) is 1. The summed E-state index contributed by atoms with van der Waals surface area (Å²) in [5.41, 5.74) is 9.05. The fraction of sp³-hybridized carbons (Fsp3) is 0.308. The van der Waals surface area contributed by atoms with Gasteiger partial charge in [0.15, 0.2) is 0 Å². The molecule has 0 aliphatic rings. The Morgan fingerprint density at radius 3 is 2.59 bits per heavy atom. The first-order chi connectivity index (χ1) is 8.02. The molecule has 1 atom stereocenters. The van der Waals surface area contributed by atoms with Crippen molar-refractivity contribution in [2.75, 3.05) is 0 Å². The normalized spacial score (nSPS) is 12.8. The number of hydrogen-bond acceptors (Lipinski definition) is 2. The van der Waals surface area contributed by atoms with Gasteiger partial charge in [0.05, 0.1) is 17.7 Å². The van der Waals surface area contributed by atoms with Crippen molar-refractivity contribution in [3.8, 4) is 5.69 Å². The summed E-state index contributed by atoms with van der Waals surface area (Å²) >= 11 is 0. The zero-order valence-electron chi connectivity index (χ0n) is 10.2. The van der Waals surface area contributed by atoms with Crippen LogP contribution in [-0.4, -0.2) is 9.55 Å². The van der Waals surface area contributed by atoms with E-state index in [1.165, 1.54) is 6.07 Å². The maximum Gasteiger partial charge on any atom is 0.130 e. The van der Waals surface area contributed by atoms with Crippen molar-refractivity contribution in [2.45, 2.75) is 26.8 Å². The Kier molecular flexibility index (Phi) is 2.98. The van der Waals surface area contributed by atoms with Gasteiger partial charge in [-0.2, -0.15) is 0 Å². The molecule has 0 aliphatic carbocycles. The summed E-state index contributed by atoms with van der Waals surface area (Å²) in [6.45, 7) is 5.66. The summed E-state index contributed by atoms with van der Waals surface area (Å²) in [4.78, 5) is 4.22. The highest BCUT2D eigenvalue weighted by Crippen LogP contribution is 2.25. The molecule has 0 spiro atoms. The largest absolute Gasteiger partial charge is 0.324 e. The Bertz CT molecular complexity index is 544. The van der Waals surface area contributed by atoms with Crippen LogP contribution in [0.25, 0.3) is 5.69 Å². The predicted octanol–water partition coefficient (Wildman–Crippen LogP) is 2.65. The zero-order valence-corrected chi connectivity index (χ0v) is 10.2. The van der Waals surface area contributed by atoms with E-state index in [-0.39, 0.29) is 11.9 Å². The van der Waals surface area contributed by atoms with Gasteiger partial charge >= 0.3 is 0 Å². The number of aromatic nitrogens is 2. The molecule has 0 saturated carbocycles. The highest BCUT2D eigenvalue weighted by atomic mass is 19.1. The van der Waals surface area contributed by atoms with E-state index >= 15 is 0 Å². The fourth-order valence-corrected chi connectivity index (χ4v) is 1.93. The number of benzene rings is 1. The third-order valence-electron chi connectivity index (χ3n) is 3.00. The minimum Gasteiger partial charge on any atom is -0.324 e. The third kappa shape index (κ3) is 1.96. The summed E-state index contributed by atoms with van der Waals surface area (Å²) in [5, 5.41) is 0. The van der Waals surface area contributed by atoms with E-state index < -0.39 is 0 Å². The lowest BCUT2D eigenvalue weighted by Crippen LogP contribution is -2.12. The van der Waals surface area contributed by atoms with Crippen LogP contribution in [0, 0.1) is 19.7 Å². The van der Waals surface area contributed by atoms with Crippen LogP contribution in [0.1, 0.15) is 29.9 Å².